The summed E-state index contributed by atoms with van der Waals surface area (Å²) in [6.07, 6.45) is 6.74. The molecule has 2 aromatic carbocycles. The summed E-state index contributed by atoms with van der Waals surface area (Å²) in [4.78, 5) is 61.7. The molecule has 2 aliphatic heterocycles. The van der Waals surface area contributed by atoms with Gasteiger partial charge in [-0.25, -0.2) is 23.0 Å². The molecule has 3 aliphatic rings. The Morgan fingerprint density at radius 2 is 1.85 bits per heavy atom. The number of nitrogens with zero attached hydrogens (tertiary/aromatic N) is 2. The number of aliphatic carboxylic acids is 1. The molecule has 1 aliphatic carbocycles. The summed E-state index contributed by atoms with van der Waals surface area (Å²) in [5.74, 6) is -1.64. The Balaban J connectivity index is 1.32. The average molecular weight is 832 g/mol. The van der Waals surface area contributed by atoms with Gasteiger partial charge in [-0.05, 0) is 49.7 Å². The molecule has 4 amide bonds. The SMILES string of the molecule is CCS(=O)(=O)CC[C@@H](NC(=O)N[C@H]1CCCCC/C=C\C2C[C@@]2(C(=O)O)NC(=O)[C@@H]2C[C@@H](Oc3cc(-c4ccccc4)nc4cc(OC)ccc34)CN2C1=O)C(C)(C)C. The maximum absolute atomic E-state index is 14.8. The molecule has 4 N–H and O–H groups in total. The Bertz CT molecular complexity index is 2170. The van der Waals surface area contributed by atoms with Crippen molar-refractivity contribution in [2.45, 2.75) is 109 Å². The maximum Gasteiger partial charge on any atom is 0.330 e. The molecule has 1 saturated heterocycles. The second-order valence-electron chi connectivity index (χ2n) is 17.0. The van der Waals surface area contributed by atoms with Crippen molar-refractivity contribution in [1.29, 1.82) is 0 Å². The van der Waals surface area contributed by atoms with Crippen LogP contribution in [0.2, 0.25) is 0 Å². The number of pyridine rings is 1. The molecule has 0 bridgehead atoms. The minimum Gasteiger partial charge on any atom is -0.497 e. The van der Waals surface area contributed by atoms with E-state index in [4.69, 9.17) is 14.5 Å². The van der Waals surface area contributed by atoms with Crippen molar-refractivity contribution in [3.8, 4) is 22.8 Å². The van der Waals surface area contributed by atoms with Gasteiger partial charge in [0, 0.05) is 47.2 Å². The number of hydrogen-bond acceptors (Lipinski definition) is 9. The number of carboxylic acid groups (broad SMARTS) is 1. The van der Waals surface area contributed by atoms with Gasteiger partial charge in [-0.3, -0.25) is 9.59 Å². The summed E-state index contributed by atoms with van der Waals surface area (Å²) in [5.41, 5.74) is 0.143. The third-order valence-electron chi connectivity index (χ3n) is 11.8. The largest absolute Gasteiger partial charge is 0.497 e. The van der Waals surface area contributed by atoms with Crippen LogP contribution < -0.4 is 25.4 Å². The molecule has 6 atom stereocenters. The summed E-state index contributed by atoms with van der Waals surface area (Å²) in [6, 6.07) is 13.6. The molecule has 1 saturated carbocycles. The number of carbonyl (C=O) groups is 4. The summed E-state index contributed by atoms with van der Waals surface area (Å²) in [7, 11) is -1.72. The highest BCUT2D eigenvalue weighted by atomic mass is 32.2. The third-order valence-corrected chi connectivity index (χ3v) is 13.5. The van der Waals surface area contributed by atoms with Crippen molar-refractivity contribution in [1.82, 2.24) is 25.8 Å². The van der Waals surface area contributed by atoms with E-state index >= 15 is 0 Å². The number of ether oxygens (including phenoxy) is 2. The normalized spacial score (nSPS) is 25.0. The lowest BCUT2D eigenvalue weighted by molar-refractivity contribution is -0.145. The van der Waals surface area contributed by atoms with Crippen molar-refractivity contribution in [2.24, 2.45) is 11.3 Å². The number of rotatable bonds is 11. The number of nitrogens with one attached hydrogen (secondary N) is 3. The van der Waals surface area contributed by atoms with Crippen LogP contribution in [0.3, 0.4) is 0 Å². The van der Waals surface area contributed by atoms with Gasteiger partial charge in [0.2, 0.25) is 11.8 Å². The first-order valence-corrected chi connectivity index (χ1v) is 22.4. The quantitative estimate of drug-likeness (QED) is 0.176. The number of sulfone groups is 1. The molecule has 3 heterocycles. The Morgan fingerprint density at radius 1 is 1.08 bits per heavy atom. The predicted molar refractivity (Wildman–Crippen MR) is 225 cm³/mol. The van der Waals surface area contributed by atoms with Crippen molar-refractivity contribution < 1.29 is 42.2 Å². The summed E-state index contributed by atoms with van der Waals surface area (Å²) in [5, 5.41) is 19.6. The van der Waals surface area contributed by atoms with Crippen molar-refractivity contribution >= 4 is 44.6 Å². The Kier molecular flexibility index (Phi) is 13.2. The molecule has 6 rings (SSSR count). The lowest BCUT2D eigenvalue weighted by Crippen LogP contribution is -2.58. The van der Waals surface area contributed by atoms with E-state index in [9.17, 15) is 32.7 Å². The fourth-order valence-electron chi connectivity index (χ4n) is 8.01. The van der Waals surface area contributed by atoms with Crippen LogP contribution in [0.4, 0.5) is 4.79 Å². The van der Waals surface area contributed by atoms with Gasteiger partial charge >= 0.3 is 12.0 Å². The number of benzene rings is 2. The zero-order valence-electron chi connectivity index (χ0n) is 34.5. The molecule has 2 fully saturated rings. The molecule has 318 valence electrons. The van der Waals surface area contributed by atoms with Crippen LogP contribution in [0.15, 0.2) is 66.7 Å². The smallest absolute Gasteiger partial charge is 0.330 e. The molecule has 0 radical (unpaired) electrons. The third kappa shape index (κ3) is 10.3. The molecule has 59 heavy (non-hydrogen) atoms. The fourth-order valence-corrected chi connectivity index (χ4v) is 8.89. The number of hydrogen-bond donors (Lipinski definition) is 4. The molecule has 1 aromatic heterocycles. The van der Waals surface area contributed by atoms with Crippen LogP contribution in [-0.4, -0.2) is 102 Å². The number of urea groups is 1. The minimum atomic E-state index is -3.30. The van der Waals surface area contributed by atoms with Gasteiger partial charge in [-0.1, -0.05) is 83.0 Å². The molecule has 0 spiro atoms. The zero-order chi connectivity index (χ0) is 42.5. The first-order chi connectivity index (χ1) is 28.0. The van der Waals surface area contributed by atoms with Crippen LogP contribution in [0, 0.1) is 11.3 Å². The van der Waals surface area contributed by atoms with Gasteiger partial charge in [0.1, 0.15) is 45.1 Å². The van der Waals surface area contributed by atoms with Gasteiger partial charge in [-0.15, -0.1) is 0 Å². The number of aromatic nitrogens is 1. The van der Waals surface area contributed by atoms with Gasteiger partial charge in [-0.2, -0.15) is 0 Å². The first kappa shape index (κ1) is 43.4. The first-order valence-electron chi connectivity index (χ1n) is 20.5. The Labute approximate surface area is 346 Å². The highest BCUT2D eigenvalue weighted by Crippen LogP contribution is 2.45. The maximum atomic E-state index is 14.8. The van der Waals surface area contributed by atoms with E-state index in [1.807, 2.05) is 81.5 Å². The van der Waals surface area contributed by atoms with Crippen LogP contribution in [0.5, 0.6) is 11.5 Å². The van der Waals surface area contributed by atoms with Crippen LogP contribution >= 0.6 is 0 Å². The van der Waals surface area contributed by atoms with Crippen LogP contribution in [-0.2, 0) is 24.2 Å². The van der Waals surface area contributed by atoms with E-state index in [0.29, 0.717) is 40.9 Å². The van der Waals surface area contributed by atoms with Crippen LogP contribution in [0.1, 0.15) is 79.1 Å². The molecular formula is C44H57N5O9S. The monoisotopic (exact) mass is 831 g/mol. The van der Waals surface area contributed by atoms with E-state index < -0.39 is 68.8 Å². The van der Waals surface area contributed by atoms with Gasteiger partial charge in [0.15, 0.2) is 0 Å². The standard InChI is InChI=1S/C44H57N5O9S/c1-6-59(55,56)22-21-38(43(2,3)4)47-42(54)46-33-18-14-9-7-8-13-17-29-26-44(29,41(52)53)48-39(50)36-24-31(27-49(36)40(33)51)58-37-25-34(28-15-11-10-12-16-28)45-35-23-30(57-5)19-20-32(35)37/h10-13,15-17,19-20,23,25,29,31,33,36,38H,6-9,14,18,21-22,24,26-27H2,1-5H3,(H,48,50)(H,52,53)(H2,46,47,54)/b17-13-/t29?,31-,33+,36+,38-,44-/m1/s1. The molecule has 1 unspecified atom stereocenters. The molecular weight excluding hydrogens is 775 g/mol. The second kappa shape index (κ2) is 18.0. The predicted octanol–water partition coefficient (Wildman–Crippen LogP) is 5.65. The second-order valence-corrected chi connectivity index (χ2v) is 19.5. The zero-order valence-corrected chi connectivity index (χ0v) is 35.3. The summed E-state index contributed by atoms with van der Waals surface area (Å²) in [6.45, 7) is 7.30. The number of methoxy groups -OCH3 is 1. The minimum absolute atomic E-state index is 0.00766. The summed E-state index contributed by atoms with van der Waals surface area (Å²) < 4.78 is 37.0. The highest BCUT2D eigenvalue weighted by molar-refractivity contribution is 7.91. The molecule has 3 aromatic rings. The highest BCUT2D eigenvalue weighted by Gasteiger charge is 2.61. The number of carboxylic acids is 1. The van der Waals surface area contributed by atoms with Crippen molar-refractivity contribution in [2.75, 3.05) is 25.2 Å². The van der Waals surface area contributed by atoms with E-state index in [-0.39, 0.29) is 49.7 Å². The fraction of sp³-hybridized carbons (Fsp3) is 0.523. The number of carbonyl (C=O) groups excluding carboxylic acids is 3. The topological polar surface area (TPSA) is 193 Å². The number of allylic oxidation sites excluding steroid dienone is 1. The van der Waals surface area contributed by atoms with Gasteiger partial charge in [0.25, 0.3) is 0 Å². The Hall–Kier alpha value is -5.18. The van der Waals surface area contributed by atoms with Crippen molar-refractivity contribution in [3.05, 3.63) is 66.7 Å². The lowest BCUT2D eigenvalue weighted by Gasteiger charge is -2.33. The number of fused-ring (bicyclic) bond motifs is 3. The van der Waals surface area contributed by atoms with Gasteiger partial charge < -0.3 is 35.4 Å². The van der Waals surface area contributed by atoms with E-state index in [1.165, 1.54) is 4.90 Å². The van der Waals surface area contributed by atoms with E-state index in [2.05, 4.69) is 16.0 Å². The molecule has 15 heteroatoms. The van der Waals surface area contributed by atoms with Crippen LogP contribution in [0.25, 0.3) is 22.2 Å². The average Bonchev–Trinajstić information content (AvgIpc) is 3.74. The van der Waals surface area contributed by atoms with Crippen molar-refractivity contribution in [3.63, 3.8) is 0 Å². The molecule has 14 nitrogen and oxygen atoms in total. The van der Waals surface area contributed by atoms with E-state index in [0.717, 1.165) is 18.4 Å². The summed E-state index contributed by atoms with van der Waals surface area (Å²) >= 11 is 0. The number of amides is 4. The van der Waals surface area contributed by atoms with Gasteiger partial charge in [0.05, 0.1) is 30.6 Å². The van der Waals surface area contributed by atoms with E-state index in [1.54, 1.807) is 20.1 Å². The Morgan fingerprint density at radius 3 is 2.54 bits per heavy atom. The lowest BCUT2D eigenvalue weighted by atomic mass is 9.85.